The van der Waals surface area contributed by atoms with Gasteiger partial charge in [0.2, 0.25) is 5.91 Å². The lowest BCUT2D eigenvalue weighted by atomic mass is 10.2. The Morgan fingerprint density at radius 3 is 2.65 bits per heavy atom. The first-order valence-corrected chi connectivity index (χ1v) is 4.94. The van der Waals surface area contributed by atoms with Crippen LogP contribution in [0.3, 0.4) is 0 Å². The van der Waals surface area contributed by atoms with Gasteiger partial charge in [-0.15, -0.1) is 0 Å². The predicted molar refractivity (Wildman–Crippen MR) is 61.4 cm³/mol. The summed E-state index contributed by atoms with van der Waals surface area (Å²) in [6.45, 7) is 3.20. The first-order chi connectivity index (χ1) is 7.90. The summed E-state index contributed by atoms with van der Waals surface area (Å²) < 4.78 is 13.3. The van der Waals surface area contributed by atoms with Crippen LogP contribution in [0.4, 0.5) is 10.1 Å². The van der Waals surface area contributed by atoms with E-state index in [1.807, 2.05) is 0 Å². The van der Waals surface area contributed by atoms with Crippen LogP contribution >= 0.6 is 11.6 Å². The molecule has 0 aliphatic heterocycles. The Hall–Kier alpha value is -1.88. The molecule has 0 aromatic heterocycles. The Morgan fingerprint density at radius 1 is 1.47 bits per heavy atom. The van der Waals surface area contributed by atoms with Crippen molar-refractivity contribution in [2.75, 3.05) is 5.32 Å². The maximum absolute atomic E-state index is 13.3. The molecular weight excluding hydrogens is 249 g/mol. The number of nitrogens with one attached hydrogen (secondary N) is 1. The number of rotatable bonds is 4. The summed E-state index contributed by atoms with van der Waals surface area (Å²) in [4.78, 5) is 21.8. The van der Waals surface area contributed by atoms with Crippen LogP contribution in [0.1, 0.15) is 6.42 Å². The first-order valence-electron chi connectivity index (χ1n) is 4.56. The van der Waals surface area contributed by atoms with E-state index in [4.69, 9.17) is 16.7 Å². The minimum absolute atomic E-state index is 0.0578. The van der Waals surface area contributed by atoms with Crippen molar-refractivity contribution >= 4 is 29.2 Å². The lowest BCUT2D eigenvalue weighted by Crippen LogP contribution is -2.15. The van der Waals surface area contributed by atoms with Gasteiger partial charge in [0.25, 0.3) is 0 Å². The molecule has 0 saturated heterocycles. The zero-order valence-electron chi connectivity index (χ0n) is 8.67. The molecule has 1 amide bonds. The summed E-state index contributed by atoms with van der Waals surface area (Å²) in [5, 5.41) is 10.9. The number of carbonyl (C=O) groups excluding carboxylic acids is 1. The molecule has 0 aliphatic rings. The molecule has 1 rings (SSSR count). The molecule has 0 unspecified atom stereocenters. The fourth-order valence-corrected chi connectivity index (χ4v) is 1.21. The number of benzene rings is 1. The lowest BCUT2D eigenvalue weighted by molar-refractivity contribution is -0.133. The highest BCUT2D eigenvalue weighted by Gasteiger charge is 2.12. The summed E-state index contributed by atoms with van der Waals surface area (Å²) in [7, 11) is 0. The van der Waals surface area contributed by atoms with E-state index in [1.54, 1.807) is 0 Å². The third kappa shape index (κ3) is 3.88. The van der Waals surface area contributed by atoms with Gasteiger partial charge in [-0.3, -0.25) is 4.79 Å². The summed E-state index contributed by atoms with van der Waals surface area (Å²) in [6, 6.07) is 3.74. The molecule has 17 heavy (non-hydrogen) atoms. The number of carboxylic acids is 1. The number of amides is 1. The molecule has 0 fully saturated rings. The fourth-order valence-electron chi connectivity index (χ4n) is 1.05. The summed E-state index contributed by atoms with van der Waals surface area (Å²) in [5.41, 5.74) is -0.325. The Labute approximate surface area is 102 Å². The maximum atomic E-state index is 13.3. The van der Waals surface area contributed by atoms with Gasteiger partial charge in [0, 0.05) is 10.6 Å². The van der Waals surface area contributed by atoms with Crippen LogP contribution in [0.25, 0.3) is 0 Å². The molecule has 0 radical (unpaired) electrons. The topological polar surface area (TPSA) is 66.4 Å². The van der Waals surface area contributed by atoms with Crippen molar-refractivity contribution in [1.82, 2.24) is 0 Å². The van der Waals surface area contributed by atoms with E-state index >= 15 is 0 Å². The van der Waals surface area contributed by atoms with Gasteiger partial charge >= 0.3 is 5.97 Å². The largest absolute Gasteiger partial charge is 0.478 e. The van der Waals surface area contributed by atoms with Crippen molar-refractivity contribution in [3.63, 3.8) is 0 Å². The van der Waals surface area contributed by atoms with Crippen LogP contribution < -0.4 is 5.32 Å². The second kappa shape index (κ2) is 5.45. The van der Waals surface area contributed by atoms with E-state index in [0.717, 1.165) is 6.07 Å². The second-order valence-corrected chi connectivity index (χ2v) is 3.69. The second-order valence-electron chi connectivity index (χ2n) is 3.26. The van der Waals surface area contributed by atoms with Crippen LogP contribution in [0, 0.1) is 5.82 Å². The molecule has 0 atom stereocenters. The Bertz CT molecular complexity index is 488. The number of anilines is 1. The van der Waals surface area contributed by atoms with Crippen molar-refractivity contribution in [2.45, 2.75) is 6.42 Å². The molecule has 0 spiro atoms. The molecule has 2 N–H and O–H groups in total. The van der Waals surface area contributed by atoms with Gasteiger partial charge in [0.1, 0.15) is 5.82 Å². The molecular formula is C11H9ClFNO3. The van der Waals surface area contributed by atoms with E-state index in [2.05, 4.69) is 11.9 Å². The van der Waals surface area contributed by atoms with Crippen LogP contribution in [-0.4, -0.2) is 17.0 Å². The minimum Gasteiger partial charge on any atom is -0.478 e. The molecule has 90 valence electrons. The Morgan fingerprint density at radius 2 is 2.12 bits per heavy atom. The van der Waals surface area contributed by atoms with E-state index in [-0.39, 0.29) is 16.3 Å². The zero-order valence-corrected chi connectivity index (χ0v) is 9.42. The Balaban J connectivity index is 2.68. The monoisotopic (exact) mass is 257 g/mol. The zero-order chi connectivity index (χ0) is 13.0. The molecule has 0 aliphatic carbocycles. The molecule has 0 heterocycles. The number of carboxylic acid groups (broad SMARTS) is 1. The van der Waals surface area contributed by atoms with Gasteiger partial charge < -0.3 is 10.4 Å². The number of aliphatic carboxylic acids is 1. The van der Waals surface area contributed by atoms with Crippen LogP contribution in [-0.2, 0) is 9.59 Å². The fraction of sp³-hybridized carbons (Fsp3) is 0.0909. The molecule has 1 aromatic rings. The minimum atomic E-state index is -1.27. The number of halogens is 2. The third-order valence-corrected chi connectivity index (χ3v) is 2.12. The van der Waals surface area contributed by atoms with Gasteiger partial charge in [-0.1, -0.05) is 18.2 Å². The standard InChI is InChI=1S/C11H9ClFNO3/c1-6(11(16)17)4-10(15)14-9-3-2-7(12)5-8(9)13/h2-3,5H,1,4H2,(H,14,15)(H,16,17). The first kappa shape index (κ1) is 13.2. The Kier molecular flexibility index (Phi) is 4.23. The highest BCUT2D eigenvalue weighted by Crippen LogP contribution is 2.19. The van der Waals surface area contributed by atoms with Gasteiger partial charge in [-0.25, -0.2) is 9.18 Å². The van der Waals surface area contributed by atoms with Crippen molar-refractivity contribution in [1.29, 1.82) is 0 Å². The third-order valence-electron chi connectivity index (χ3n) is 1.88. The van der Waals surface area contributed by atoms with Gasteiger partial charge in [0.05, 0.1) is 12.1 Å². The average Bonchev–Trinajstić information content (AvgIpc) is 2.22. The SMILES string of the molecule is C=C(CC(=O)Nc1ccc(Cl)cc1F)C(=O)O. The lowest BCUT2D eigenvalue weighted by Gasteiger charge is -2.06. The number of hydrogen-bond acceptors (Lipinski definition) is 2. The van der Waals surface area contributed by atoms with E-state index in [9.17, 15) is 14.0 Å². The van der Waals surface area contributed by atoms with Crippen molar-refractivity contribution in [3.8, 4) is 0 Å². The van der Waals surface area contributed by atoms with Crippen LogP contribution in [0.5, 0.6) is 0 Å². The summed E-state index contributed by atoms with van der Waals surface area (Å²) in [5.74, 6) is -2.61. The molecule has 1 aromatic carbocycles. The van der Waals surface area contributed by atoms with Crippen LogP contribution in [0.2, 0.25) is 5.02 Å². The molecule has 4 nitrogen and oxygen atoms in total. The van der Waals surface area contributed by atoms with Crippen molar-refractivity contribution in [2.24, 2.45) is 0 Å². The van der Waals surface area contributed by atoms with Crippen LogP contribution in [0.15, 0.2) is 30.4 Å². The quantitative estimate of drug-likeness (QED) is 0.814. The van der Waals surface area contributed by atoms with Crippen molar-refractivity contribution < 1.29 is 19.1 Å². The van der Waals surface area contributed by atoms with Gasteiger partial charge in [0.15, 0.2) is 0 Å². The average molecular weight is 258 g/mol. The van der Waals surface area contributed by atoms with Gasteiger partial charge in [-0.05, 0) is 18.2 Å². The molecule has 0 saturated carbocycles. The van der Waals surface area contributed by atoms with E-state index < -0.39 is 24.1 Å². The van der Waals surface area contributed by atoms with E-state index in [0.29, 0.717) is 0 Å². The number of hydrogen-bond donors (Lipinski definition) is 2. The van der Waals surface area contributed by atoms with Gasteiger partial charge in [-0.2, -0.15) is 0 Å². The normalized spacial score (nSPS) is 9.76. The van der Waals surface area contributed by atoms with E-state index in [1.165, 1.54) is 12.1 Å². The van der Waals surface area contributed by atoms with Crippen molar-refractivity contribution in [3.05, 3.63) is 41.2 Å². The molecule has 0 bridgehead atoms. The smallest absolute Gasteiger partial charge is 0.331 e. The predicted octanol–water partition coefficient (Wildman–Crippen LogP) is 2.45. The number of carbonyl (C=O) groups is 2. The summed E-state index contributed by atoms with van der Waals surface area (Å²) in [6.07, 6.45) is -0.405. The molecule has 6 heteroatoms. The maximum Gasteiger partial charge on any atom is 0.331 e. The highest BCUT2D eigenvalue weighted by atomic mass is 35.5. The summed E-state index contributed by atoms with van der Waals surface area (Å²) >= 11 is 5.53. The highest BCUT2D eigenvalue weighted by molar-refractivity contribution is 6.30.